The number of benzene rings is 2. The van der Waals surface area contributed by atoms with Gasteiger partial charge >= 0.3 is 0 Å². The van der Waals surface area contributed by atoms with E-state index in [2.05, 4.69) is 31.9 Å². The third-order valence-corrected chi connectivity index (χ3v) is 9.23. The van der Waals surface area contributed by atoms with E-state index in [-0.39, 0.29) is 41.3 Å². The first-order valence-electron chi connectivity index (χ1n) is 12.5. The summed E-state index contributed by atoms with van der Waals surface area (Å²) in [7, 11) is 1.44. The fourth-order valence-corrected chi connectivity index (χ4v) is 7.27. The Morgan fingerprint density at radius 2 is 1.69 bits per heavy atom. The molecule has 0 bridgehead atoms. The molecule has 1 heterocycles. The van der Waals surface area contributed by atoms with Crippen LogP contribution in [0.3, 0.4) is 0 Å². The number of nitrogens with zero attached hydrogens (tertiary/aromatic N) is 1. The fraction of sp³-hybridized carbons (Fsp3) is 0.267. The summed E-state index contributed by atoms with van der Waals surface area (Å²) in [5.74, 6) is -3.58. The lowest BCUT2D eigenvalue weighted by atomic mass is 9.59. The van der Waals surface area contributed by atoms with Crippen LogP contribution in [0.25, 0.3) is 0 Å². The van der Waals surface area contributed by atoms with Crippen LogP contribution < -0.4 is 9.64 Å². The third-order valence-electron chi connectivity index (χ3n) is 8.25. The van der Waals surface area contributed by atoms with E-state index in [0.717, 1.165) is 10.0 Å². The predicted octanol–water partition coefficient (Wildman–Crippen LogP) is 5.56. The minimum absolute atomic E-state index is 0.141. The third kappa shape index (κ3) is 3.89. The van der Waals surface area contributed by atoms with Crippen LogP contribution in [0.1, 0.15) is 31.2 Å². The van der Waals surface area contributed by atoms with Crippen molar-refractivity contribution in [2.45, 2.75) is 25.7 Å². The summed E-state index contributed by atoms with van der Waals surface area (Å²) >= 11 is 6.86. The number of imide groups is 1. The Kier molecular flexibility index (Phi) is 6.26. The first-order chi connectivity index (χ1) is 18.6. The van der Waals surface area contributed by atoms with Gasteiger partial charge in [-0.2, -0.15) is 0 Å². The molecule has 198 valence electrons. The summed E-state index contributed by atoms with van der Waals surface area (Å²) in [6, 6.07) is 10.3. The number of carbonyl (C=O) groups excluding carboxylic acids is 4. The fourth-order valence-electron chi connectivity index (χ4n) is 6.55. The highest BCUT2D eigenvalue weighted by atomic mass is 79.9. The molecule has 7 nitrogen and oxygen atoms in total. The lowest BCUT2D eigenvalue weighted by molar-refractivity contribution is -0.123. The number of hydrogen-bond donors (Lipinski definition) is 1. The number of fused-ring (bicyclic) bond motifs is 3. The Hall–Kier alpha value is -3.30. The molecular weight excluding hydrogens is 630 g/mol. The number of phenolic OH excluding ortho intramolecular Hbond substituents is 1. The Bertz CT molecular complexity index is 1590. The van der Waals surface area contributed by atoms with Crippen molar-refractivity contribution in [1.82, 2.24) is 0 Å². The van der Waals surface area contributed by atoms with Crippen molar-refractivity contribution in [3.8, 4) is 11.5 Å². The van der Waals surface area contributed by atoms with E-state index in [0.29, 0.717) is 38.9 Å². The van der Waals surface area contributed by atoms with Gasteiger partial charge in [0.1, 0.15) is 0 Å². The molecule has 9 heteroatoms. The van der Waals surface area contributed by atoms with Crippen LogP contribution in [0.2, 0.25) is 0 Å². The number of ketones is 2. The van der Waals surface area contributed by atoms with Crippen molar-refractivity contribution in [2.24, 2.45) is 17.8 Å². The van der Waals surface area contributed by atoms with Gasteiger partial charge in [0, 0.05) is 37.1 Å². The number of amides is 2. The molecule has 2 aromatic carbocycles. The van der Waals surface area contributed by atoms with Gasteiger partial charge in [0.05, 0.1) is 24.6 Å². The predicted molar refractivity (Wildman–Crippen MR) is 150 cm³/mol. The van der Waals surface area contributed by atoms with Crippen LogP contribution >= 0.6 is 31.9 Å². The molecule has 0 radical (unpaired) electrons. The highest BCUT2D eigenvalue weighted by molar-refractivity contribution is 9.10. The number of aromatic hydroxyl groups is 1. The van der Waals surface area contributed by atoms with Crippen molar-refractivity contribution in [1.29, 1.82) is 0 Å². The van der Waals surface area contributed by atoms with E-state index < -0.39 is 23.7 Å². The van der Waals surface area contributed by atoms with Crippen LogP contribution in [0, 0.1) is 17.8 Å². The first kappa shape index (κ1) is 26.0. The Balaban J connectivity index is 1.52. The van der Waals surface area contributed by atoms with E-state index in [4.69, 9.17) is 4.74 Å². The summed E-state index contributed by atoms with van der Waals surface area (Å²) < 4.78 is 6.83. The summed E-state index contributed by atoms with van der Waals surface area (Å²) in [4.78, 5) is 55.6. The minimum atomic E-state index is -0.767. The van der Waals surface area contributed by atoms with Crippen molar-refractivity contribution in [3.63, 3.8) is 0 Å². The number of carbonyl (C=O) groups is 4. The molecular formula is C30H23Br2NO6. The van der Waals surface area contributed by atoms with Gasteiger partial charge in [-0.3, -0.25) is 24.1 Å². The van der Waals surface area contributed by atoms with Crippen LogP contribution in [-0.4, -0.2) is 35.6 Å². The summed E-state index contributed by atoms with van der Waals surface area (Å²) in [6.45, 7) is 1.60. The smallest absolute Gasteiger partial charge is 0.238 e. The molecule has 2 amide bonds. The first-order valence-corrected chi connectivity index (χ1v) is 14.1. The highest BCUT2D eigenvalue weighted by Crippen LogP contribution is 2.57. The molecule has 1 aliphatic heterocycles. The minimum Gasteiger partial charge on any atom is -0.504 e. The van der Waals surface area contributed by atoms with Crippen LogP contribution in [0.4, 0.5) is 5.69 Å². The average Bonchev–Trinajstić information content (AvgIpc) is 3.17. The molecule has 39 heavy (non-hydrogen) atoms. The van der Waals surface area contributed by atoms with E-state index >= 15 is 0 Å². The Morgan fingerprint density at radius 3 is 2.38 bits per heavy atom. The maximum absolute atomic E-state index is 13.9. The number of rotatable bonds is 3. The number of hydrogen-bond acceptors (Lipinski definition) is 6. The molecule has 0 saturated carbocycles. The lowest BCUT2D eigenvalue weighted by Crippen LogP contribution is -2.39. The van der Waals surface area contributed by atoms with Gasteiger partial charge in [0.15, 0.2) is 23.1 Å². The van der Waals surface area contributed by atoms with E-state index in [1.54, 1.807) is 43.3 Å². The van der Waals surface area contributed by atoms with E-state index in [9.17, 15) is 24.3 Å². The topological polar surface area (TPSA) is 101 Å². The van der Waals surface area contributed by atoms with Crippen LogP contribution in [-0.2, 0) is 19.2 Å². The van der Waals surface area contributed by atoms with E-state index in [1.165, 1.54) is 18.1 Å². The monoisotopic (exact) mass is 651 g/mol. The number of Topliss-reactive ketones (excluding diaryl/α,β-unsaturated/α-hetero) is 1. The normalized spacial score (nSPS) is 26.2. The summed E-state index contributed by atoms with van der Waals surface area (Å²) in [6.07, 6.45) is 3.75. The van der Waals surface area contributed by atoms with Crippen molar-refractivity contribution in [3.05, 3.63) is 85.4 Å². The van der Waals surface area contributed by atoms with Gasteiger partial charge in [-0.05, 0) is 68.2 Å². The largest absolute Gasteiger partial charge is 0.504 e. The highest BCUT2D eigenvalue weighted by Gasteiger charge is 2.56. The van der Waals surface area contributed by atoms with Gasteiger partial charge in [-0.25, -0.2) is 0 Å². The number of anilines is 1. The quantitative estimate of drug-likeness (QED) is 0.265. The molecule has 0 aromatic heterocycles. The Morgan fingerprint density at radius 1 is 0.974 bits per heavy atom. The molecule has 4 atom stereocenters. The second-order valence-corrected chi connectivity index (χ2v) is 12.1. The number of phenols is 1. The zero-order valence-electron chi connectivity index (χ0n) is 21.0. The van der Waals surface area contributed by atoms with Crippen molar-refractivity contribution < 1.29 is 29.0 Å². The van der Waals surface area contributed by atoms with Crippen molar-refractivity contribution in [2.75, 3.05) is 12.0 Å². The molecule has 0 unspecified atom stereocenters. The van der Waals surface area contributed by atoms with Gasteiger partial charge in [-0.1, -0.05) is 43.5 Å². The molecule has 3 aliphatic carbocycles. The van der Waals surface area contributed by atoms with Gasteiger partial charge < -0.3 is 9.84 Å². The number of halogens is 2. The summed E-state index contributed by atoms with van der Waals surface area (Å²) in [5.41, 5.74) is 2.64. The van der Waals surface area contributed by atoms with Gasteiger partial charge in [-0.15, -0.1) is 0 Å². The SMILES string of the molecule is COc1cc(Br)cc([C@H]2C3=CC[C@@H]4C(=O)N(c5ccc(Br)cc5)C(=O)[C@@H]4[C@@H]3CC3=C2C(=O)C=C(C)C3=O)c1O. The molecule has 2 aromatic rings. The summed E-state index contributed by atoms with van der Waals surface area (Å²) in [5, 5.41) is 11.2. The van der Waals surface area contributed by atoms with Crippen LogP contribution in [0.15, 0.2) is 79.8 Å². The molecule has 1 saturated heterocycles. The molecule has 1 fully saturated rings. The molecule has 0 spiro atoms. The molecule has 6 rings (SSSR count). The zero-order chi connectivity index (χ0) is 27.7. The van der Waals surface area contributed by atoms with Crippen LogP contribution in [0.5, 0.6) is 11.5 Å². The second-order valence-electron chi connectivity index (χ2n) is 10.3. The lowest BCUT2D eigenvalue weighted by Gasteiger charge is -2.42. The number of ether oxygens (including phenoxy) is 1. The van der Waals surface area contributed by atoms with E-state index in [1.807, 2.05) is 6.08 Å². The molecule has 1 N–H and O–H groups in total. The zero-order valence-corrected chi connectivity index (χ0v) is 24.2. The standard InChI is InChI=1S/C30H23Br2NO6/c1-13-9-22(34)26-21(27(13)35)12-19-17(24(26)20-10-15(32)11-23(39-2)28(20)36)7-8-18-25(19)30(38)33(29(18)37)16-5-3-14(31)4-6-16/h3-7,9-11,18-19,24-25,36H,8,12H2,1-2H3/t18-,19+,24+,25-/m0/s1. The number of methoxy groups -OCH3 is 1. The average molecular weight is 653 g/mol. The van der Waals surface area contributed by atoms with Gasteiger partial charge in [0.2, 0.25) is 11.8 Å². The van der Waals surface area contributed by atoms with Gasteiger partial charge in [0.25, 0.3) is 0 Å². The number of allylic oxidation sites excluding steroid dienone is 6. The van der Waals surface area contributed by atoms with Crippen molar-refractivity contribution >= 4 is 60.9 Å². The maximum Gasteiger partial charge on any atom is 0.238 e. The second kappa shape index (κ2) is 9.41. The maximum atomic E-state index is 13.9. The Labute approximate surface area is 241 Å². The molecule has 4 aliphatic rings.